The average Bonchev–Trinajstić information content (AvgIpc) is 2.78. The van der Waals surface area contributed by atoms with E-state index in [4.69, 9.17) is 10.8 Å². The number of carboxylic acid groups (broad SMARTS) is 1. The Balaban J connectivity index is 2.92. The highest BCUT2D eigenvalue weighted by Gasteiger charge is 2.46. The molecule has 0 saturated carbocycles. The quantitative estimate of drug-likeness (QED) is 0.443. The lowest BCUT2D eigenvalue weighted by molar-refractivity contribution is -0.149. The van der Waals surface area contributed by atoms with Crippen LogP contribution in [-0.2, 0) is 9.59 Å². The fraction of sp³-hybridized carbons (Fsp3) is 0.818. The average molecular weight is 305 g/mol. The number of carbonyl (C=O) groups is 2. The summed E-state index contributed by atoms with van der Waals surface area (Å²) in [5.74, 6) is -1.67. The first kappa shape index (κ1) is 16.9. The Morgan fingerprint density at radius 3 is 2.70 bits per heavy atom. The van der Waals surface area contributed by atoms with Crippen molar-refractivity contribution in [2.75, 3.05) is 13.1 Å². The van der Waals surface area contributed by atoms with Crippen molar-refractivity contribution in [1.29, 1.82) is 0 Å². The Morgan fingerprint density at radius 2 is 2.20 bits per heavy atom. The van der Waals surface area contributed by atoms with Crippen molar-refractivity contribution in [3.8, 4) is 0 Å². The zero-order valence-corrected chi connectivity index (χ0v) is 12.0. The largest absolute Gasteiger partial charge is 0.480 e. The lowest BCUT2D eigenvalue weighted by Gasteiger charge is -2.31. The number of nitrogens with zero attached hydrogens (tertiary/aromatic N) is 2. The minimum atomic E-state index is -1.17. The highest BCUT2D eigenvalue weighted by molar-refractivity contribution is 8.00. The summed E-state index contributed by atoms with van der Waals surface area (Å²) in [7, 11) is 0. The summed E-state index contributed by atoms with van der Waals surface area (Å²) in [5.41, 5.74) is 5.41. The van der Waals surface area contributed by atoms with Gasteiger partial charge in [-0.3, -0.25) is 4.79 Å². The number of β-amino-alcohol motifs (C(OH)–C–C–N with tert-alkyl or cyclic N) is 1. The summed E-state index contributed by atoms with van der Waals surface area (Å²) in [5, 5.41) is 18.7. The van der Waals surface area contributed by atoms with E-state index < -0.39 is 28.8 Å². The van der Waals surface area contributed by atoms with E-state index in [0.717, 1.165) is 4.90 Å². The number of hydrogen-bond donors (Lipinski definition) is 3. The van der Waals surface area contributed by atoms with Crippen LogP contribution in [0.4, 0.5) is 0 Å². The summed E-state index contributed by atoms with van der Waals surface area (Å²) in [4.78, 5) is 35.3. The Morgan fingerprint density at radius 1 is 1.55 bits per heavy atom. The number of aliphatic hydroxyl groups excluding tert-OH is 1. The van der Waals surface area contributed by atoms with Crippen LogP contribution in [0.5, 0.6) is 0 Å². The fourth-order valence-electron chi connectivity index (χ4n) is 2.29. The second-order valence-corrected chi connectivity index (χ2v) is 6.22. The number of likely N-dealkylation sites (tertiary alicyclic amines) is 1. The predicted molar refractivity (Wildman–Crippen MR) is 73.8 cm³/mol. The molecule has 9 heteroatoms. The third-order valence-electron chi connectivity index (χ3n) is 3.37. The molecule has 1 amide bonds. The highest BCUT2D eigenvalue weighted by atomic mass is 32.2. The molecule has 0 radical (unpaired) electrons. The van der Waals surface area contributed by atoms with E-state index in [1.165, 1.54) is 0 Å². The molecule has 2 unspecified atom stereocenters. The monoisotopic (exact) mass is 305 g/mol. The minimum absolute atomic E-state index is 0.00672. The fourth-order valence-corrected chi connectivity index (χ4v) is 2.88. The number of nitrogens with two attached hydrogens (primary N) is 1. The second kappa shape index (κ2) is 7.00. The summed E-state index contributed by atoms with van der Waals surface area (Å²) in [6.07, 6.45) is -0.0444. The SMILES string of the molecule is CC(CCCN)(SN=O)C(=O)N1CC(O)C[C@H]1C(=O)O. The lowest BCUT2D eigenvalue weighted by Crippen LogP contribution is -2.49. The molecule has 1 rings (SSSR count). The Labute approximate surface area is 120 Å². The van der Waals surface area contributed by atoms with Crippen LogP contribution in [0.2, 0.25) is 0 Å². The number of amides is 1. The van der Waals surface area contributed by atoms with E-state index in [1.807, 2.05) is 0 Å². The molecule has 0 aromatic heterocycles. The summed E-state index contributed by atoms with van der Waals surface area (Å²) in [6, 6.07) is -1.07. The Bertz CT molecular complexity index is 394. The van der Waals surface area contributed by atoms with E-state index in [9.17, 15) is 19.6 Å². The van der Waals surface area contributed by atoms with Crippen molar-refractivity contribution in [2.45, 2.75) is 43.1 Å². The minimum Gasteiger partial charge on any atom is -0.480 e. The predicted octanol–water partition coefficient (Wildman–Crippen LogP) is -0.0550. The number of hydrogen-bond acceptors (Lipinski definition) is 7. The Kier molecular flexibility index (Phi) is 5.90. The van der Waals surface area contributed by atoms with Crippen molar-refractivity contribution in [3.63, 3.8) is 0 Å². The van der Waals surface area contributed by atoms with Crippen LogP contribution in [0, 0.1) is 4.91 Å². The van der Waals surface area contributed by atoms with Gasteiger partial charge in [0.1, 0.15) is 10.8 Å². The number of carbonyl (C=O) groups excluding carboxylic acids is 1. The first-order chi connectivity index (χ1) is 9.35. The maximum Gasteiger partial charge on any atom is 0.326 e. The maximum atomic E-state index is 12.5. The van der Waals surface area contributed by atoms with Gasteiger partial charge >= 0.3 is 5.97 Å². The van der Waals surface area contributed by atoms with Crippen LogP contribution < -0.4 is 5.73 Å². The molecule has 20 heavy (non-hydrogen) atoms. The molecule has 1 saturated heterocycles. The molecule has 1 aliphatic heterocycles. The van der Waals surface area contributed by atoms with Crippen LogP contribution in [0.3, 0.4) is 0 Å². The van der Waals surface area contributed by atoms with Gasteiger partial charge in [0.15, 0.2) is 0 Å². The molecule has 114 valence electrons. The van der Waals surface area contributed by atoms with Crippen molar-refractivity contribution < 1.29 is 19.8 Å². The van der Waals surface area contributed by atoms with Gasteiger partial charge < -0.3 is 20.8 Å². The molecule has 0 aliphatic carbocycles. The molecule has 0 spiro atoms. The zero-order chi connectivity index (χ0) is 15.3. The molecule has 1 heterocycles. The zero-order valence-electron chi connectivity index (χ0n) is 11.2. The van der Waals surface area contributed by atoms with E-state index >= 15 is 0 Å². The van der Waals surface area contributed by atoms with Gasteiger partial charge in [0, 0.05) is 29.5 Å². The van der Waals surface area contributed by atoms with Crippen LogP contribution in [0.15, 0.2) is 4.58 Å². The second-order valence-electron chi connectivity index (χ2n) is 4.99. The molecule has 1 aliphatic rings. The van der Waals surface area contributed by atoms with Crippen LogP contribution >= 0.6 is 11.9 Å². The van der Waals surface area contributed by atoms with Gasteiger partial charge in [-0.15, -0.1) is 4.91 Å². The van der Waals surface area contributed by atoms with E-state index in [-0.39, 0.29) is 13.0 Å². The van der Waals surface area contributed by atoms with Gasteiger partial charge in [-0.2, -0.15) is 0 Å². The number of rotatable bonds is 7. The topological polar surface area (TPSA) is 133 Å². The van der Waals surface area contributed by atoms with E-state index in [1.54, 1.807) is 6.92 Å². The number of nitroso groups, excluding NO2 is 1. The normalized spacial score (nSPS) is 25.2. The highest BCUT2D eigenvalue weighted by Crippen LogP contribution is 2.35. The summed E-state index contributed by atoms with van der Waals surface area (Å²) < 4.78 is 1.56. The van der Waals surface area contributed by atoms with Crippen LogP contribution in [0.1, 0.15) is 26.2 Å². The van der Waals surface area contributed by atoms with Crippen molar-refractivity contribution in [3.05, 3.63) is 4.91 Å². The maximum absolute atomic E-state index is 12.5. The van der Waals surface area contributed by atoms with Gasteiger partial charge in [0.2, 0.25) is 5.91 Å². The smallest absolute Gasteiger partial charge is 0.326 e. The number of carboxylic acids is 1. The molecule has 8 nitrogen and oxygen atoms in total. The first-order valence-electron chi connectivity index (χ1n) is 6.28. The van der Waals surface area contributed by atoms with Gasteiger partial charge in [-0.05, 0) is 26.3 Å². The van der Waals surface area contributed by atoms with Crippen LogP contribution in [-0.4, -0.2) is 57.0 Å². The van der Waals surface area contributed by atoms with Gasteiger partial charge in [0.05, 0.1) is 6.10 Å². The van der Waals surface area contributed by atoms with Gasteiger partial charge in [-0.25, -0.2) is 4.79 Å². The molecule has 4 N–H and O–H groups in total. The van der Waals surface area contributed by atoms with Gasteiger partial charge in [-0.1, -0.05) is 0 Å². The van der Waals surface area contributed by atoms with Crippen molar-refractivity contribution in [2.24, 2.45) is 10.3 Å². The third kappa shape index (κ3) is 3.68. The van der Waals surface area contributed by atoms with Crippen molar-refractivity contribution in [1.82, 2.24) is 4.90 Å². The van der Waals surface area contributed by atoms with Crippen LogP contribution in [0.25, 0.3) is 0 Å². The van der Waals surface area contributed by atoms with E-state index in [0.29, 0.717) is 31.3 Å². The molecule has 1 fully saturated rings. The molecule has 0 aromatic rings. The number of aliphatic hydroxyl groups is 1. The molecule has 0 aromatic carbocycles. The molecule has 0 bridgehead atoms. The van der Waals surface area contributed by atoms with Crippen molar-refractivity contribution >= 4 is 23.8 Å². The third-order valence-corrected chi connectivity index (χ3v) is 4.23. The molecular weight excluding hydrogens is 286 g/mol. The summed E-state index contributed by atoms with van der Waals surface area (Å²) in [6.45, 7) is 1.85. The van der Waals surface area contributed by atoms with E-state index in [2.05, 4.69) is 4.58 Å². The molecular formula is C11H19N3O5S. The van der Waals surface area contributed by atoms with Gasteiger partial charge in [0.25, 0.3) is 0 Å². The molecule has 3 atom stereocenters. The number of aliphatic carboxylic acids is 1. The Hall–Kier alpha value is -1.19. The summed E-state index contributed by atoms with van der Waals surface area (Å²) >= 11 is 0.577. The first-order valence-corrected chi connectivity index (χ1v) is 7.06. The lowest BCUT2D eigenvalue weighted by atomic mass is 10.0. The standard InChI is InChI=1S/C11H19N3O5S/c1-11(20-13-19,3-2-4-12)10(18)14-6-7(15)5-8(14)9(16)17/h7-8,15H,2-6,12H2,1H3,(H,16,17)/t7?,8-,11?/m0/s1.